The van der Waals surface area contributed by atoms with Crippen molar-refractivity contribution in [3.8, 4) is 0 Å². The summed E-state index contributed by atoms with van der Waals surface area (Å²) in [4.78, 5) is 37.9. The molecule has 0 aromatic heterocycles. The van der Waals surface area contributed by atoms with Crippen molar-refractivity contribution in [3.05, 3.63) is 0 Å². The predicted octanol–water partition coefficient (Wildman–Crippen LogP) is 7.09. The second-order valence-corrected chi connectivity index (χ2v) is 16.9. The third-order valence-corrected chi connectivity index (χ3v) is 11.4. The average Bonchev–Trinajstić information content (AvgIpc) is 3.16. The number of hydrogen-bond donors (Lipinski definition) is 5. The van der Waals surface area contributed by atoms with Gasteiger partial charge in [0.15, 0.2) is 6.10 Å². The highest BCUT2D eigenvalue weighted by Gasteiger charge is 2.50. The van der Waals surface area contributed by atoms with Gasteiger partial charge in [-0.15, -0.1) is 0 Å². The van der Waals surface area contributed by atoms with Gasteiger partial charge in [0.25, 0.3) is 7.82 Å². The highest BCUT2D eigenvalue weighted by molar-refractivity contribution is 7.45. The number of phosphoric acid groups is 1. The number of aliphatic hydroxyl groups is 5. The molecule has 0 aromatic carbocycles. The summed E-state index contributed by atoms with van der Waals surface area (Å²) in [5, 5.41) is 49.9. The van der Waals surface area contributed by atoms with Crippen LogP contribution in [0.15, 0.2) is 0 Å². The zero-order valence-corrected chi connectivity index (χ0v) is 35.1. The van der Waals surface area contributed by atoms with Gasteiger partial charge >= 0.3 is 11.9 Å². The van der Waals surface area contributed by atoms with E-state index in [0.29, 0.717) is 12.8 Å². The third kappa shape index (κ3) is 25.7. The van der Waals surface area contributed by atoms with Crippen LogP contribution in [0, 0.1) is 0 Å². The van der Waals surface area contributed by atoms with Crippen molar-refractivity contribution in [3.63, 3.8) is 0 Å². The molecule has 5 N–H and O–H groups in total. The van der Waals surface area contributed by atoms with E-state index >= 15 is 0 Å². The van der Waals surface area contributed by atoms with E-state index < -0.39 is 75.7 Å². The van der Waals surface area contributed by atoms with E-state index in [4.69, 9.17) is 18.5 Å². The molecular weight excluding hydrogens is 731 g/mol. The van der Waals surface area contributed by atoms with Gasteiger partial charge in [-0.25, -0.2) is 0 Å². The van der Waals surface area contributed by atoms with Gasteiger partial charge in [-0.1, -0.05) is 168 Å². The zero-order valence-electron chi connectivity index (χ0n) is 34.2. The Morgan fingerprint density at radius 3 is 1.22 bits per heavy atom. The maximum Gasteiger partial charge on any atom is 0.306 e. The molecule has 1 aliphatic carbocycles. The molecule has 0 saturated heterocycles. The van der Waals surface area contributed by atoms with Crippen molar-refractivity contribution < 1.29 is 63.1 Å². The minimum absolute atomic E-state index is 0.0886. The van der Waals surface area contributed by atoms with E-state index in [1.165, 1.54) is 109 Å². The lowest BCUT2D eigenvalue weighted by atomic mass is 9.85. The van der Waals surface area contributed by atoms with Crippen molar-refractivity contribution in [1.29, 1.82) is 0 Å². The standard InChI is InChI=1S/C41H79O13P/c1-3-5-7-9-11-13-15-17-19-21-23-25-27-29-34(42)51-31-33(32-52-55(49,50)54-41-39(47)37(45)36(44)38(46)40(41)48)53-35(43)30-28-26-24-22-20-18-16-14-12-10-8-6-4-2/h33,36-41,44-48H,3-32H2,1-2H3,(H,49,50)/p-1/t33-,36?,37-,38+,39-,40-,41?/m1/s1. The summed E-state index contributed by atoms with van der Waals surface area (Å²) in [6.45, 7) is 3.20. The largest absolute Gasteiger partial charge is 0.756 e. The van der Waals surface area contributed by atoms with E-state index in [-0.39, 0.29) is 12.8 Å². The summed E-state index contributed by atoms with van der Waals surface area (Å²) in [7, 11) is -5.35. The fourth-order valence-electron chi connectivity index (χ4n) is 6.87. The Kier molecular flexibility index (Phi) is 30.9. The highest BCUT2D eigenvalue weighted by Crippen LogP contribution is 2.43. The summed E-state index contributed by atoms with van der Waals surface area (Å²) in [5.41, 5.74) is 0. The molecule has 326 valence electrons. The molecule has 0 spiro atoms. The van der Waals surface area contributed by atoms with Crippen LogP contribution in [-0.4, -0.2) is 93.4 Å². The SMILES string of the molecule is CCCCCCCCCCCCCCCC(=O)OC[C@H](COP(=O)([O-])OC1[C@H](O)[C@H](O)C(O)[C@H](O)[C@H]1O)OC(=O)CCCCCCCCCCCCCCC. The molecule has 1 rings (SSSR count). The molecule has 1 fully saturated rings. The van der Waals surface area contributed by atoms with Crippen LogP contribution in [0.2, 0.25) is 0 Å². The Labute approximate surface area is 331 Å². The number of aliphatic hydroxyl groups excluding tert-OH is 5. The Morgan fingerprint density at radius 1 is 0.509 bits per heavy atom. The second-order valence-electron chi connectivity index (χ2n) is 15.5. The minimum Gasteiger partial charge on any atom is -0.756 e. The first-order chi connectivity index (χ1) is 26.4. The molecule has 0 aliphatic heterocycles. The van der Waals surface area contributed by atoms with Gasteiger partial charge < -0.3 is 48.9 Å². The maximum atomic E-state index is 12.7. The number of phosphoric ester groups is 1. The molecule has 0 bridgehead atoms. The van der Waals surface area contributed by atoms with Gasteiger partial charge in [0.2, 0.25) is 0 Å². The Bertz CT molecular complexity index is 985. The monoisotopic (exact) mass is 810 g/mol. The fourth-order valence-corrected chi connectivity index (χ4v) is 7.83. The van der Waals surface area contributed by atoms with Gasteiger partial charge in [0.05, 0.1) is 6.61 Å². The lowest BCUT2D eigenvalue weighted by molar-refractivity contribution is -0.261. The van der Waals surface area contributed by atoms with E-state index in [0.717, 1.165) is 44.9 Å². The Hall–Kier alpha value is -1.15. The first kappa shape index (κ1) is 51.9. The van der Waals surface area contributed by atoms with Crippen LogP contribution < -0.4 is 4.89 Å². The topological polar surface area (TPSA) is 212 Å². The number of esters is 2. The highest BCUT2D eigenvalue weighted by atomic mass is 31.2. The molecule has 8 atom stereocenters. The number of carbonyl (C=O) groups excluding carboxylic acids is 2. The molecule has 0 amide bonds. The molecule has 55 heavy (non-hydrogen) atoms. The summed E-state index contributed by atoms with van der Waals surface area (Å²) in [6.07, 6.45) is 16.9. The molecule has 1 aliphatic rings. The van der Waals surface area contributed by atoms with Crippen molar-refractivity contribution >= 4 is 19.8 Å². The maximum absolute atomic E-state index is 12.7. The van der Waals surface area contributed by atoms with Gasteiger partial charge in [0.1, 0.15) is 43.2 Å². The van der Waals surface area contributed by atoms with Crippen LogP contribution in [0.4, 0.5) is 0 Å². The van der Waals surface area contributed by atoms with E-state index in [9.17, 15) is 44.6 Å². The first-order valence-electron chi connectivity index (χ1n) is 21.8. The zero-order chi connectivity index (χ0) is 40.7. The summed E-state index contributed by atoms with van der Waals surface area (Å²) in [5.74, 6) is -1.12. The Morgan fingerprint density at radius 2 is 0.836 bits per heavy atom. The molecule has 0 radical (unpaired) electrons. The van der Waals surface area contributed by atoms with Crippen molar-refractivity contribution in [2.45, 2.75) is 236 Å². The van der Waals surface area contributed by atoms with Gasteiger partial charge in [0, 0.05) is 12.8 Å². The second kappa shape index (κ2) is 32.8. The van der Waals surface area contributed by atoms with Crippen LogP contribution in [0.5, 0.6) is 0 Å². The summed E-state index contributed by atoms with van der Waals surface area (Å²) < 4.78 is 33.1. The smallest absolute Gasteiger partial charge is 0.306 e. The number of hydrogen-bond acceptors (Lipinski definition) is 13. The lowest BCUT2D eigenvalue weighted by Gasteiger charge is -2.43. The van der Waals surface area contributed by atoms with Crippen LogP contribution in [0.1, 0.15) is 194 Å². The molecule has 0 heterocycles. The fraction of sp³-hybridized carbons (Fsp3) is 0.951. The average molecular weight is 810 g/mol. The number of carbonyl (C=O) groups is 2. The van der Waals surface area contributed by atoms with Gasteiger partial charge in [-0.2, -0.15) is 0 Å². The van der Waals surface area contributed by atoms with Crippen LogP contribution in [0.25, 0.3) is 0 Å². The third-order valence-electron chi connectivity index (χ3n) is 10.4. The van der Waals surface area contributed by atoms with Gasteiger partial charge in [-0.3, -0.25) is 14.2 Å². The lowest BCUT2D eigenvalue weighted by Crippen LogP contribution is -2.64. The van der Waals surface area contributed by atoms with E-state index in [1.54, 1.807) is 0 Å². The van der Waals surface area contributed by atoms with Crippen LogP contribution >= 0.6 is 7.82 Å². The normalized spacial score (nSPS) is 23.0. The molecule has 14 heteroatoms. The number of unbranched alkanes of at least 4 members (excludes halogenated alkanes) is 24. The first-order valence-corrected chi connectivity index (χ1v) is 23.3. The van der Waals surface area contributed by atoms with Crippen molar-refractivity contribution in [2.75, 3.05) is 13.2 Å². The molecular formula is C41H78O13P-. The van der Waals surface area contributed by atoms with Crippen LogP contribution in [0.3, 0.4) is 0 Å². The Balaban J connectivity index is 2.48. The van der Waals surface area contributed by atoms with Gasteiger partial charge in [-0.05, 0) is 12.8 Å². The van der Waals surface area contributed by atoms with Crippen molar-refractivity contribution in [1.82, 2.24) is 0 Å². The number of ether oxygens (including phenoxy) is 2. The summed E-state index contributed by atoms with van der Waals surface area (Å²) in [6, 6.07) is 0. The number of rotatable bonds is 36. The molecule has 0 aromatic rings. The predicted molar refractivity (Wildman–Crippen MR) is 210 cm³/mol. The van der Waals surface area contributed by atoms with E-state index in [1.807, 2.05) is 0 Å². The molecule has 1 saturated carbocycles. The van der Waals surface area contributed by atoms with Crippen LogP contribution in [-0.2, 0) is 32.7 Å². The quantitative estimate of drug-likeness (QED) is 0.0243. The van der Waals surface area contributed by atoms with Crippen molar-refractivity contribution in [2.24, 2.45) is 0 Å². The molecule has 13 nitrogen and oxygen atoms in total. The van der Waals surface area contributed by atoms with E-state index in [2.05, 4.69) is 13.8 Å². The molecule has 3 unspecified atom stereocenters. The summed E-state index contributed by atoms with van der Waals surface area (Å²) >= 11 is 0. The minimum atomic E-state index is -5.35.